The molecule has 0 aliphatic rings. The third-order valence-electron chi connectivity index (χ3n) is 6.01. The van der Waals surface area contributed by atoms with Crippen LogP contribution in [0.15, 0.2) is 59.5 Å². The molecular formula is C29H32N4O3. The van der Waals surface area contributed by atoms with E-state index in [1.165, 1.54) is 0 Å². The van der Waals surface area contributed by atoms with Crippen molar-refractivity contribution in [2.24, 2.45) is 0 Å². The van der Waals surface area contributed by atoms with E-state index in [0.717, 1.165) is 39.6 Å². The molecule has 0 unspecified atom stereocenters. The number of ether oxygens (including phenoxy) is 2. The van der Waals surface area contributed by atoms with Crippen molar-refractivity contribution in [3.05, 3.63) is 93.4 Å². The van der Waals surface area contributed by atoms with E-state index in [0.29, 0.717) is 17.3 Å². The summed E-state index contributed by atoms with van der Waals surface area (Å²) in [4.78, 5) is 27.4. The molecule has 186 valence electrons. The summed E-state index contributed by atoms with van der Waals surface area (Å²) in [7, 11) is 1.62. The van der Waals surface area contributed by atoms with Crippen LogP contribution in [0.3, 0.4) is 0 Å². The molecule has 2 aromatic heterocycles. The first-order valence-corrected chi connectivity index (χ1v) is 11.9. The van der Waals surface area contributed by atoms with Gasteiger partial charge in [-0.1, -0.05) is 45.0 Å². The van der Waals surface area contributed by atoms with Gasteiger partial charge in [-0.3, -0.25) is 9.36 Å². The van der Waals surface area contributed by atoms with E-state index < -0.39 is 0 Å². The van der Waals surface area contributed by atoms with Crippen LogP contribution in [0, 0.1) is 20.8 Å². The maximum Gasteiger partial charge on any atom is 0.264 e. The van der Waals surface area contributed by atoms with Crippen LogP contribution in [0.2, 0.25) is 0 Å². The number of hydrogen-bond donors (Lipinski definition) is 0. The van der Waals surface area contributed by atoms with Gasteiger partial charge in [0.05, 0.1) is 24.1 Å². The normalized spacial score (nSPS) is 11.4. The van der Waals surface area contributed by atoms with Crippen molar-refractivity contribution in [3.8, 4) is 28.6 Å². The van der Waals surface area contributed by atoms with Gasteiger partial charge in [-0.15, -0.1) is 0 Å². The van der Waals surface area contributed by atoms with Gasteiger partial charge in [0.25, 0.3) is 5.56 Å². The fraction of sp³-hybridized carbons (Fsp3) is 0.310. The minimum absolute atomic E-state index is 0.165. The van der Waals surface area contributed by atoms with Gasteiger partial charge in [0.1, 0.15) is 24.0 Å². The van der Waals surface area contributed by atoms with Crippen LogP contribution in [0.25, 0.3) is 16.9 Å². The number of nitrogens with zero attached hydrogens (tertiary/aromatic N) is 4. The Hall–Kier alpha value is -4.00. The molecule has 2 heterocycles. The van der Waals surface area contributed by atoms with E-state index in [2.05, 4.69) is 30.7 Å². The van der Waals surface area contributed by atoms with E-state index in [1.54, 1.807) is 24.8 Å². The predicted molar refractivity (Wildman–Crippen MR) is 141 cm³/mol. The van der Waals surface area contributed by atoms with Crippen LogP contribution in [-0.4, -0.2) is 26.6 Å². The summed E-state index contributed by atoms with van der Waals surface area (Å²) in [6.45, 7) is 12.1. The maximum atomic E-state index is 13.5. The lowest BCUT2D eigenvalue weighted by molar-refractivity contribution is 0.288. The predicted octanol–water partition coefficient (Wildman–Crippen LogP) is 5.50. The van der Waals surface area contributed by atoms with Gasteiger partial charge in [0.15, 0.2) is 0 Å². The van der Waals surface area contributed by atoms with Gasteiger partial charge in [-0.2, -0.15) is 4.98 Å². The molecule has 2 aromatic carbocycles. The molecule has 7 nitrogen and oxygen atoms in total. The monoisotopic (exact) mass is 484 g/mol. The molecule has 0 spiro atoms. The Morgan fingerprint density at radius 3 is 2.47 bits per heavy atom. The first-order valence-electron chi connectivity index (χ1n) is 11.9. The quantitative estimate of drug-likeness (QED) is 0.360. The Bertz CT molecular complexity index is 1470. The smallest absolute Gasteiger partial charge is 0.264 e. The van der Waals surface area contributed by atoms with Gasteiger partial charge < -0.3 is 9.47 Å². The number of rotatable bonds is 6. The molecule has 0 saturated heterocycles. The molecule has 0 saturated carbocycles. The van der Waals surface area contributed by atoms with Crippen LogP contribution >= 0.6 is 0 Å². The van der Waals surface area contributed by atoms with Gasteiger partial charge >= 0.3 is 0 Å². The third-order valence-corrected chi connectivity index (χ3v) is 6.01. The summed E-state index contributed by atoms with van der Waals surface area (Å²) in [5.74, 6) is 2.40. The fourth-order valence-corrected chi connectivity index (χ4v) is 3.92. The molecule has 0 amide bonds. The van der Waals surface area contributed by atoms with Crippen molar-refractivity contribution in [3.63, 3.8) is 0 Å². The van der Waals surface area contributed by atoms with Gasteiger partial charge in [0.2, 0.25) is 5.88 Å². The van der Waals surface area contributed by atoms with E-state index in [1.807, 2.05) is 62.4 Å². The summed E-state index contributed by atoms with van der Waals surface area (Å²) >= 11 is 0. The van der Waals surface area contributed by atoms with E-state index in [4.69, 9.17) is 14.5 Å². The number of aromatic nitrogens is 4. The van der Waals surface area contributed by atoms with Crippen molar-refractivity contribution in [1.29, 1.82) is 0 Å². The minimum atomic E-state index is -0.168. The van der Waals surface area contributed by atoms with Crippen LogP contribution in [0.1, 0.15) is 49.1 Å². The molecule has 0 aliphatic carbocycles. The Morgan fingerprint density at radius 2 is 1.75 bits per heavy atom. The highest BCUT2D eigenvalue weighted by molar-refractivity contribution is 5.64. The Kier molecular flexibility index (Phi) is 6.93. The molecule has 0 atom stereocenters. The third kappa shape index (κ3) is 5.15. The summed E-state index contributed by atoms with van der Waals surface area (Å²) in [5.41, 5.74) is 4.49. The molecular weight excluding hydrogens is 452 g/mol. The minimum Gasteiger partial charge on any atom is -0.497 e. The molecule has 4 aromatic rings. The lowest BCUT2D eigenvalue weighted by Gasteiger charge is -2.18. The Labute approximate surface area is 211 Å². The number of hydrogen-bond acceptors (Lipinski definition) is 6. The zero-order chi connectivity index (χ0) is 26.0. The Morgan fingerprint density at radius 1 is 0.972 bits per heavy atom. The van der Waals surface area contributed by atoms with Crippen LogP contribution in [0.5, 0.6) is 11.6 Å². The first kappa shape index (κ1) is 25.1. The lowest BCUT2D eigenvalue weighted by Crippen LogP contribution is -2.26. The van der Waals surface area contributed by atoms with Crippen molar-refractivity contribution in [2.45, 2.75) is 53.6 Å². The van der Waals surface area contributed by atoms with Crippen LogP contribution in [-0.2, 0) is 12.0 Å². The summed E-state index contributed by atoms with van der Waals surface area (Å²) < 4.78 is 12.9. The van der Waals surface area contributed by atoms with Gasteiger partial charge in [-0.25, -0.2) is 9.97 Å². The number of aryl methyl sites for hydroxylation is 2. The highest BCUT2D eigenvalue weighted by Gasteiger charge is 2.19. The van der Waals surface area contributed by atoms with Crippen LogP contribution in [0.4, 0.5) is 0 Å². The molecule has 0 radical (unpaired) electrons. The van der Waals surface area contributed by atoms with Gasteiger partial charge in [0, 0.05) is 17.2 Å². The van der Waals surface area contributed by atoms with Crippen molar-refractivity contribution >= 4 is 0 Å². The van der Waals surface area contributed by atoms with Crippen molar-refractivity contribution in [1.82, 2.24) is 19.5 Å². The largest absolute Gasteiger partial charge is 0.497 e. The van der Waals surface area contributed by atoms with Crippen LogP contribution < -0.4 is 15.0 Å². The number of methoxy groups -OCH3 is 1. The van der Waals surface area contributed by atoms with E-state index in [9.17, 15) is 4.79 Å². The van der Waals surface area contributed by atoms with E-state index in [-0.39, 0.29) is 17.6 Å². The molecule has 0 fully saturated rings. The standard InChI is InChI=1S/C29H32N4O3/c1-18-11-12-22(24-13-14-30-28(32-24)29(4,5)6)16-25(18)33-20(3)31-26(19(2)27(33)34)36-17-21-9-8-10-23(15-21)35-7/h8-16H,17H2,1-7H3. The zero-order valence-electron chi connectivity index (χ0n) is 21.9. The summed E-state index contributed by atoms with van der Waals surface area (Å²) in [5, 5.41) is 0. The Balaban J connectivity index is 1.71. The second kappa shape index (κ2) is 9.93. The number of benzene rings is 2. The summed E-state index contributed by atoms with van der Waals surface area (Å²) in [6.07, 6.45) is 1.78. The lowest BCUT2D eigenvalue weighted by atomic mass is 9.95. The average Bonchev–Trinajstić information content (AvgIpc) is 2.86. The molecule has 36 heavy (non-hydrogen) atoms. The SMILES string of the molecule is COc1cccc(COc2nc(C)n(-c3cc(-c4ccnc(C(C)(C)C)n4)ccc3C)c(=O)c2C)c1. The van der Waals surface area contributed by atoms with Gasteiger partial charge in [-0.05, 0) is 56.2 Å². The van der Waals surface area contributed by atoms with Crippen molar-refractivity contribution in [2.75, 3.05) is 7.11 Å². The molecule has 0 aliphatic heterocycles. The fourth-order valence-electron chi connectivity index (χ4n) is 3.92. The topological polar surface area (TPSA) is 79.1 Å². The second-order valence-electron chi connectivity index (χ2n) is 9.89. The molecule has 4 rings (SSSR count). The molecule has 7 heteroatoms. The second-order valence-corrected chi connectivity index (χ2v) is 9.89. The molecule has 0 bridgehead atoms. The van der Waals surface area contributed by atoms with E-state index >= 15 is 0 Å². The molecule has 0 N–H and O–H groups in total. The zero-order valence-corrected chi connectivity index (χ0v) is 21.9. The summed E-state index contributed by atoms with van der Waals surface area (Å²) in [6, 6.07) is 15.5. The first-order chi connectivity index (χ1) is 17.1. The maximum absolute atomic E-state index is 13.5. The highest BCUT2D eigenvalue weighted by Crippen LogP contribution is 2.26. The highest BCUT2D eigenvalue weighted by atomic mass is 16.5. The van der Waals surface area contributed by atoms with Crippen molar-refractivity contribution < 1.29 is 9.47 Å². The average molecular weight is 485 g/mol.